The molecular formula is C13H17FN2O2. The first-order valence-corrected chi connectivity index (χ1v) is 6.26. The van der Waals surface area contributed by atoms with E-state index >= 15 is 0 Å². The Bertz CT molecular complexity index is 437. The van der Waals surface area contributed by atoms with Crippen LogP contribution in [0.3, 0.4) is 0 Å². The van der Waals surface area contributed by atoms with E-state index in [1.807, 2.05) is 0 Å². The summed E-state index contributed by atoms with van der Waals surface area (Å²) in [5.41, 5.74) is 7.23. The molecule has 0 aliphatic carbocycles. The molecule has 2 fully saturated rings. The summed E-state index contributed by atoms with van der Waals surface area (Å²) in [7, 11) is 0. The Morgan fingerprint density at radius 2 is 1.83 bits per heavy atom. The fraction of sp³-hybridized carbons (Fsp3) is 0.538. The zero-order valence-electron chi connectivity index (χ0n) is 10.2. The van der Waals surface area contributed by atoms with E-state index in [-0.39, 0.29) is 11.6 Å². The lowest BCUT2D eigenvalue weighted by molar-refractivity contribution is -0.169. The zero-order chi connectivity index (χ0) is 12.6. The largest absolute Gasteiger partial charge is 0.397 e. The van der Waals surface area contributed by atoms with Crippen LogP contribution in [0.4, 0.5) is 15.8 Å². The summed E-state index contributed by atoms with van der Waals surface area (Å²) in [5.74, 6) is -0.683. The molecular weight excluding hydrogens is 235 g/mol. The zero-order valence-corrected chi connectivity index (χ0v) is 10.2. The lowest BCUT2D eigenvalue weighted by atomic mass is 10.0. The van der Waals surface area contributed by atoms with Gasteiger partial charge < -0.3 is 20.1 Å². The highest BCUT2D eigenvalue weighted by Gasteiger charge is 2.39. The molecule has 1 aromatic rings. The maximum Gasteiger partial charge on any atom is 0.171 e. The van der Waals surface area contributed by atoms with Crippen molar-refractivity contribution < 1.29 is 13.9 Å². The second-order valence-corrected chi connectivity index (χ2v) is 4.80. The maximum atomic E-state index is 13.0. The molecule has 4 nitrogen and oxygen atoms in total. The highest BCUT2D eigenvalue weighted by Crippen LogP contribution is 2.34. The molecule has 18 heavy (non-hydrogen) atoms. The van der Waals surface area contributed by atoms with E-state index in [4.69, 9.17) is 15.2 Å². The number of nitrogen functional groups attached to an aromatic ring is 1. The number of piperidine rings is 1. The van der Waals surface area contributed by atoms with Gasteiger partial charge in [0.15, 0.2) is 5.79 Å². The Balaban J connectivity index is 1.72. The van der Waals surface area contributed by atoms with Gasteiger partial charge in [0.25, 0.3) is 0 Å². The molecule has 0 atom stereocenters. The van der Waals surface area contributed by atoms with Crippen LogP contribution < -0.4 is 10.6 Å². The van der Waals surface area contributed by atoms with Crippen molar-refractivity contribution in [2.75, 3.05) is 36.9 Å². The van der Waals surface area contributed by atoms with Crippen LogP contribution in [0.2, 0.25) is 0 Å². The van der Waals surface area contributed by atoms with Crippen LogP contribution in [0.25, 0.3) is 0 Å². The average molecular weight is 252 g/mol. The van der Waals surface area contributed by atoms with E-state index in [2.05, 4.69) is 4.90 Å². The van der Waals surface area contributed by atoms with Crippen LogP contribution in [0.15, 0.2) is 18.2 Å². The van der Waals surface area contributed by atoms with E-state index in [9.17, 15) is 4.39 Å². The summed E-state index contributed by atoms with van der Waals surface area (Å²) < 4.78 is 24.4. The van der Waals surface area contributed by atoms with Crippen molar-refractivity contribution >= 4 is 11.4 Å². The predicted octanol–water partition coefficient (Wildman–Crippen LogP) is 1.75. The van der Waals surface area contributed by atoms with Crippen molar-refractivity contribution in [3.63, 3.8) is 0 Å². The van der Waals surface area contributed by atoms with Crippen LogP contribution in [0, 0.1) is 5.82 Å². The number of hydrogen-bond acceptors (Lipinski definition) is 4. The molecule has 0 bridgehead atoms. The van der Waals surface area contributed by atoms with Crippen molar-refractivity contribution in [1.82, 2.24) is 0 Å². The quantitative estimate of drug-likeness (QED) is 0.774. The van der Waals surface area contributed by atoms with Crippen molar-refractivity contribution in [3.05, 3.63) is 24.0 Å². The van der Waals surface area contributed by atoms with Crippen LogP contribution in [0.5, 0.6) is 0 Å². The number of benzene rings is 1. The molecule has 0 amide bonds. The summed E-state index contributed by atoms with van der Waals surface area (Å²) in [6, 6.07) is 4.54. The molecule has 3 rings (SSSR count). The minimum Gasteiger partial charge on any atom is -0.397 e. The van der Waals surface area contributed by atoms with E-state index < -0.39 is 0 Å². The smallest absolute Gasteiger partial charge is 0.171 e. The van der Waals surface area contributed by atoms with Crippen LogP contribution in [-0.4, -0.2) is 32.1 Å². The lowest BCUT2D eigenvalue weighted by Gasteiger charge is -2.39. The third-order valence-electron chi connectivity index (χ3n) is 3.67. The fourth-order valence-corrected chi connectivity index (χ4v) is 2.69. The molecule has 2 heterocycles. The third kappa shape index (κ3) is 2.04. The van der Waals surface area contributed by atoms with Gasteiger partial charge in [-0.15, -0.1) is 0 Å². The van der Waals surface area contributed by atoms with Gasteiger partial charge in [0, 0.05) is 25.9 Å². The Kier molecular flexibility index (Phi) is 2.87. The Labute approximate surface area is 105 Å². The lowest BCUT2D eigenvalue weighted by Crippen LogP contribution is -2.45. The van der Waals surface area contributed by atoms with Gasteiger partial charge in [0.1, 0.15) is 5.82 Å². The van der Waals surface area contributed by atoms with E-state index in [0.29, 0.717) is 18.9 Å². The molecule has 1 aromatic carbocycles. The van der Waals surface area contributed by atoms with Crippen molar-refractivity contribution in [3.8, 4) is 0 Å². The number of halogens is 1. The number of hydrogen-bond donors (Lipinski definition) is 1. The highest BCUT2D eigenvalue weighted by atomic mass is 19.1. The van der Waals surface area contributed by atoms with Crippen LogP contribution >= 0.6 is 0 Å². The number of nitrogens with zero attached hydrogens (tertiary/aromatic N) is 1. The van der Waals surface area contributed by atoms with Crippen molar-refractivity contribution in [2.45, 2.75) is 18.6 Å². The Hall–Kier alpha value is -1.33. The van der Waals surface area contributed by atoms with E-state index in [1.54, 1.807) is 6.07 Å². The minimum atomic E-state index is -0.384. The van der Waals surface area contributed by atoms with Gasteiger partial charge in [0.2, 0.25) is 0 Å². The second-order valence-electron chi connectivity index (χ2n) is 4.80. The van der Waals surface area contributed by atoms with Gasteiger partial charge in [-0.2, -0.15) is 0 Å². The molecule has 0 aromatic heterocycles. The van der Waals surface area contributed by atoms with E-state index in [0.717, 1.165) is 31.6 Å². The summed E-state index contributed by atoms with van der Waals surface area (Å²) in [6.07, 6.45) is 1.65. The minimum absolute atomic E-state index is 0.299. The Morgan fingerprint density at radius 1 is 1.17 bits per heavy atom. The van der Waals surface area contributed by atoms with Crippen LogP contribution in [-0.2, 0) is 9.47 Å². The molecule has 2 aliphatic heterocycles. The summed E-state index contributed by atoms with van der Waals surface area (Å²) in [6.45, 7) is 2.99. The fourth-order valence-electron chi connectivity index (χ4n) is 2.69. The monoisotopic (exact) mass is 252 g/mol. The highest BCUT2D eigenvalue weighted by molar-refractivity contribution is 5.67. The average Bonchev–Trinajstić information content (AvgIpc) is 2.80. The Morgan fingerprint density at radius 3 is 2.44 bits per heavy atom. The first kappa shape index (κ1) is 11.7. The van der Waals surface area contributed by atoms with E-state index in [1.165, 1.54) is 12.1 Å². The standard InChI is InChI=1S/C13H17FN2O2/c14-10-1-2-12(11(15)9-10)16-5-3-13(4-6-16)17-7-8-18-13/h1-2,9H,3-8,15H2. The van der Waals surface area contributed by atoms with Gasteiger partial charge in [0.05, 0.1) is 24.6 Å². The SMILES string of the molecule is Nc1cc(F)ccc1N1CCC2(CC1)OCCO2. The molecule has 5 heteroatoms. The number of rotatable bonds is 1. The van der Waals surface area contributed by atoms with Gasteiger partial charge in [-0.25, -0.2) is 4.39 Å². The van der Waals surface area contributed by atoms with Gasteiger partial charge in [-0.3, -0.25) is 0 Å². The maximum absolute atomic E-state index is 13.0. The molecule has 2 aliphatic rings. The molecule has 0 saturated carbocycles. The second kappa shape index (κ2) is 4.40. The van der Waals surface area contributed by atoms with Crippen molar-refractivity contribution in [1.29, 1.82) is 0 Å². The number of anilines is 2. The predicted molar refractivity (Wildman–Crippen MR) is 66.9 cm³/mol. The topological polar surface area (TPSA) is 47.7 Å². The third-order valence-corrected chi connectivity index (χ3v) is 3.67. The van der Waals surface area contributed by atoms with Gasteiger partial charge in [-0.05, 0) is 18.2 Å². The molecule has 2 saturated heterocycles. The summed E-state index contributed by atoms with van der Waals surface area (Å²) in [5, 5.41) is 0. The summed E-state index contributed by atoms with van der Waals surface area (Å²) in [4.78, 5) is 2.16. The number of nitrogens with two attached hydrogens (primary N) is 1. The van der Waals surface area contributed by atoms with Crippen LogP contribution in [0.1, 0.15) is 12.8 Å². The molecule has 1 spiro atoms. The molecule has 98 valence electrons. The molecule has 0 radical (unpaired) electrons. The van der Waals surface area contributed by atoms with Crippen molar-refractivity contribution in [2.24, 2.45) is 0 Å². The van der Waals surface area contributed by atoms with Gasteiger partial charge in [-0.1, -0.05) is 0 Å². The first-order chi connectivity index (χ1) is 8.69. The normalized spacial score (nSPS) is 22.6. The first-order valence-electron chi connectivity index (χ1n) is 6.26. The molecule has 2 N–H and O–H groups in total. The summed E-state index contributed by atoms with van der Waals surface area (Å²) >= 11 is 0. The molecule has 0 unspecified atom stereocenters. The number of ether oxygens (including phenoxy) is 2. The van der Waals surface area contributed by atoms with Gasteiger partial charge >= 0.3 is 0 Å².